The molecule has 0 aliphatic carbocycles. The molecule has 0 saturated heterocycles. The van der Waals surface area contributed by atoms with Crippen LogP contribution in [-0.4, -0.2) is 32.9 Å². The summed E-state index contributed by atoms with van der Waals surface area (Å²) in [6.45, 7) is 3.68. The lowest BCUT2D eigenvalue weighted by Crippen LogP contribution is -2.12. The highest BCUT2D eigenvalue weighted by Crippen LogP contribution is 2.28. The van der Waals surface area contributed by atoms with Crippen LogP contribution in [0.5, 0.6) is 0 Å². The van der Waals surface area contributed by atoms with Gasteiger partial charge >= 0.3 is 5.97 Å². The van der Waals surface area contributed by atoms with Crippen molar-refractivity contribution < 1.29 is 9.53 Å². The van der Waals surface area contributed by atoms with Crippen LogP contribution in [-0.2, 0) is 4.74 Å². The van der Waals surface area contributed by atoms with E-state index in [2.05, 4.69) is 31.2 Å². The first-order valence-corrected chi connectivity index (χ1v) is 7.39. The third-order valence-corrected chi connectivity index (χ3v) is 3.98. The molecule has 0 radical (unpaired) electrons. The Morgan fingerprint density at radius 1 is 1.18 bits per heavy atom. The number of carbonyl (C=O) groups excluding carboxylic acids is 1. The Bertz CT molecular complexity index is 871. The molecule has 2 aromatic heterocycles. The Labute approximate surface area is 135 Å². The van der Waals surface area contributed by atoms with Gasteiger partial charge in [0.2, 0.25) is 0 Å². The molecule has 3 rings (SSSR count). The maximum Gasteiger partial charge on any atom is 0.360 e. The molecule has 2 heterocycles. The van der Waals surface area contributed by atoms with E-state index in [0.29, 0.717) is 11.3 Å². The van der Waals surface area contributed by atoms with Gasteiger partial charge in [0.25, 0.3) is 0 Å². The number of carbonyl (C=O) groups is 1. The summed E-state index contributed by atoms with van der Waals surface area (Å²) >= 11 is 3.42. The number of hydrogen-bond donors (Lipinski definition) is 0. The maximum atomic E-state index is 11.7. The number of fused-ring (bicyclic) bond motifs is 1. The largest absolute Gasteiger partial charge is 0.464 e. The fourth-order valence-electron chi connectivity index (χ4n) is 2.35. The lowest BCUT2D eigenvalue weighted by atomic mass is 10.1. The second kappa shape index (κ2) is 5.49. The second-order valence-electron chi connectivity index (χ2n) is 4.83. The van der Waals surface area contributed by atoms with Crippen LogP contribution in [0.15, 0.2) is 28.7 Å². The van der Waals surface area contributed by atoms with E-state index in [1.165, 1.54) is 7.11 Å². The minimum Gasteiger partial charge on any atom is -0.464 e. The smallest absolute Gasteiger partial charge is 0.360 e. The fraction of sp³-hybridized carbons (Fsp3) is 0.200. The van der Waals surface area contributed by atoms with Gasteiger partial charge in [-0.05, 0) is 31.5 Å². The standard InChI is InChI=1S/C15H13BrN4O2/c1-8-12(10-4-6-11(16)7-5-10)14-18-17-13(15(21)22-3)9(2)20(14)19-8/h4-7H,1-3H3. The summed E-state index contributed by atoms with van der Waals surface area (Å²) in [5.41, 5.74) is 4.10. The van der Waals surface area contributed by atoms with Gasteiger partial charge in [-0.2, -0.15) is 5.10 Å². The third kappa shape index (κ3) is 2.27. The zero-order valence-corrected chi connectivity index (χ0v) is 13.9. The summed E-state index contributed by atoms with van der Waals surface area (Å²) < 4.78 is 7.34. The molecular formula is C15H13BrN4O2. The molecule has 22 heavy (non-hydrogen) atoms. The number of aryl methyl sites for hydroxylation is 2. The maximum absolute atomic E-state index is 11.7. The van der Waals surface area contributed by atoms with Crippen LogP contribution < -0.4 is 0 Å². The molecule has 0 aliphatic heterocycles. The number of halogens is 1. The zero-order chi connectivity index (χ0) is 15.9. The number of ether oxygens (including phenoxy) is 1. The van der Waals surface area contributed by atoms with Crippen LogP contribution in [0.25, 0.3) is 16.8 Å². The van der Waals surface area contributed by atoms with Crippen LogP contribution in [0, 0.1) is 13.8 Å². The van der Waals surface area contributed by atoms with Crippen molar-refractivity contribution >= 4 is 27.5 Å². The van der Waals surface area contributed by atoms with Gasteiger partial charge in [-0.15, -0.1) is 10.2 Å². The Balaban J connectivity index is 2.25. The van der Waals surface area contributed by atoms with E-state index in [1.807, 2.05) is 31.2 Å². The number of benzene rings is 1. The van der Waals surface area contributed by atoms with Crippen molar-refractivity contribution in [3.8, 4) is 11.1 Å². The average Bonchev–Trinajstić information content (AvgIpc) is 2.85. The van der Waals surface area contributed by atoms with Crippen LogP contribution in [0.3, 0.4) is 0 Å². The van der Waals surface area contributed by atoms with E-state index >= 15 is 0 Å². The van der Waals surface area contributed by atoms with Crippen molar-refractivity contribution in [1.29, 1.82) is 0 Å². The van der Waals surface area contributed by atoms with Crippen LogP contribution in [0.4, 0.5) is 0 Å². The molecule has 0 unspecified atom stereocenters. The Kier molecular flexibility index (Phi) is 3.66. The summed E-state index contributed by atoms with van der Waals surface area (Å²) in [5, 5.41) is 12.7. The van der Waals surface area contributed by atoms with Gasteiger partial charge in [0.15, 0.2) is 11.3 Å². The quantitative estimate of drug-likeness (QED) is 0.657. The molecule has 0 bridgehead atoms. The number of nitrogens with zero attached hydrogens (tertiary/aromatic N) is 4. The predicted molar refractivity (Wildman–Crippen MR) is 84.7 cm³/mol. The monoisotopic (exact) mass is 360 g/mol. The van der Waals surface area contributed by atoms with Gasteiger partial charge in [0.05, 0.1) is 24.1 Å². The van der Waals surface area contributed by atoms with Crippen molar-refractivity contribution in [3.05, 3.63) is 45.8 Å². The summed E-state index contributed by atoms with van der Waals surface area (Å²) in [5.74, 6) is -0.523. The molecule has 3 aromatic rings. The van der Waals surface area contributed by atoms with E-state index < -0.39 is 5.97 Å². The molecule has 0 spiro atoms. The lowest BCUT2D eigenvalue weighted by molar-refractivity contribution is 0.0590. The van der Waals surface area contributed by atoms with Crippen LogP contribution >= 0.6 is 15.9 Å². The van der Waals surface area contributed by atoms with E-state index in [9.17, 15) is 4.79 Å². The second-order valence-corrected chi connectivity index (χ2v) is 5.74. The number of aromatic nitrogens is 4. The van der Waals surface area contributed by atoms with Crippen molar-refractivity contribution in [2.24, 2.45) is 0 Å². The summed E-state index contributed by atoms with van der Waals surface area (Å²) in [6, 6.07) is 7.89. The number of esters is 1. The molecule has 6 nitrogen and oxygen atoms in total. The number of methoxy groups -OCH3 is 1. The number of rotatable bonds is 2. The first-order valence-electron chi connectivity index (χ1n) is 6.59. The van der Waals surface area contributed by atoms with E-state index in [-0.39, 0.29) is 5.69 Å². The molecule has 0 N–H and O–H groups in total. The highest BCUT2D eigenvalue weighted by Gasteiger charge is 2.20. The third-order valence-electron chi connectivity index (χ3n) is 3.45. The summed E-state index contributed by atoms with van der Waals surface area (Å²) in [6.07, 6.45) is 0. The Morgan fingerprint density at radius 3 is 2.50 bits per heavy atom. The Morgan fingerprint density at radius 2 is 1.86 bits per heavy atom. The normalized spacial score (nSPS) is 10.9. The van der Waals surface area contributed by atoms with Crippen molar-refractivity contribution in [3.63, 3.8) is 0 Å². The van der Waals surface area contributed by atoms with Crippen molar-refractivity contribution in [2.75, 3.05) is 7.11 Å². The first kappa shape index (κ1) is 14.6. The van der Waals surface area contributed by atoms with Crippen LogP contribution in [0.2, 0.25) is 0 Å². The highest BCUT2D eigenvalue weighted by atomic mass is 79.9. The van der Waals surface area contributed by atoms with Gasteiger partial charge in [0.1, 0.15) is 0 Å². The molecule has 0 aliphatic rings. The molecule has 0 amide bonds. The minimum atomic E-state index is -0.523. The molecule has 0 atom stereocenters. The number of hydrogen-bond acceptors (Lipinski definition) is 5. The van der Waals surface area contributed by atoms with Gasteiger partial charge < -0.3 is 4.74 Å². The van der Waals surface area contributed by atoms with Crippen LogP contribution in [0.1, 0.15) is 21.9 Å². The SMILES string of the molecule is COC(=O)c1nnc2c(-c3ccc(Br)cc3)c(C)nn2c1C. The molecular weight excluding hydrogens is 348 g/mol. The van der Waals surface area contributed by atoms with Gasteiger partial charge in [-0.1, -0.05) is 28.1 Å². The zero-order valence-electron chi connectivity index (χ0n) is 12.3. The fourth-order valence-corrected chi connectivity index (χ4v) is 2.62. The molecule has 112 valence electrons. The first-order chi connectivity index (χ1) is 10.5. The van der Waals surface area contributed by atoms with E-state index in [4.69, 9.17) is 4.74 Å². The Hall–Kier alpha value is -2.28. The summed E-state index contributed by atoms with van der Waals surface area (Å²) in [7, 11) is 1.31. The molecule has 0 saturated carbocycles. The van der Waals surface area contributed by atoms with Gasteiger partial charge in [-0.3, -0.25) is 0 Å². The minimum absolute atomic E-state index is 0.167. The van der Waals surface area contributed by atoms with Crippen molar-refractivity contribution in [1.82, 2.24) is 19.8 Å². The molecule has 7 heteroatoms. The van der Waals surface area contributed by atoms with E-state index in [0.717, 1.165) is 21.3 Å². The lowest BCUT2D eigenvalue weighted by Gasteiger charge is -2.04. The van der Waals surface area contributed by atoms with Gasteiger partial charge in [-0.25, -0.2) is 9.31 Å². The van der Waals surface area contributed by atoms with Gasteiger partial charge in [0, 0.05) is 4.47 Å². The molecule has 1 aromatic carbocycles. The predicted octanol–water partition coefficient (Wildman–Crippen LogP) is 2.96. The average molecular weight is 361 g/mol. The highest BCUT2D eigenvalue weighted by molar-refractivity contribution is 9.10. The topological polar surface area (TPSA) is 69.4 Å². The summed E-state index contributed by atoms with van der Waals surface area (Å²) in [4.78, 5) is 11.7. The van der Waals surface area contributed by atoms with E-state index in [1.54, 1.807) is 11.4 Å². The van der Waals surface area contributed by atoms with Crippen molar-refractivity contribution in [2.45, 2.75) is 13.8 Å². The molecule has 0 fully saturated rings.